The molecule has 0 saturated carbocycles. The summed E-state index contributed by atoms with van der Waals surface area (Å²) in [6.45, 7) is 0. The number of para-hydroxylation sites is 2. The molecule has 0 spiro atoms. The van der Waals surface area contributed by atoms with Crippen molar-refractivity contribution in [3.05, 3.63) is 54.4 Å². The molecular formula is C16H11N3O2. The van der Waals surface area contributed by atoms with Crippen LogP contribution in [0.4, 0.5) is 0 Å². The number of ether oxygens (including phenoxy) is 1. The van der Waals surface area contributed by atoms with Crippen molar-refractivity contribution in [2.24, 2.45) is 0 Å². The number of carbonyl (C=O) groups is 1. The molecule has 0 bridgehead atoms. The smallest absolute Gasteiger partial charge is 0.341 e. The highest BCUT2D eigenvalue weighted by Crippen LogP contribution is 2.26. The third-order valence-electron chi connectivity index (χ3n) is 3.58. The van der Waals surface area contributed by atoms with Crippen molar-refractivity contribution in [1.82, 2.24) is 14.4 Å². The first-order chi connectivity index (χ1) is 10.3. The zero-order chi connectivity index (χ0) is 14.4. The SMILES string of the molecule is COC(=O)c1cc2cnccc2n2c1nc1ccccc12. The highest BCUT2D eigenvalue weighted by molar-refractivity contribution is 6.03. The molecule has 4 aromatic rings. The predicted molar refractivity (Wildman–Crippen MR) is 79.3 cm³/mol. The number of methoxy groups -OCH3 is 1. The van der Waals surface area contributed by atoms with Gasteiger partial charge < -0.3 is 4.74 Å². The maximum Gasteiger partial charge on any atom is 0.341 e. The molecule has 0 aliphatic heterocycles. The second kappa shape index (κ2) is 4.28. The van der Waals surface area contributed by atoms with Crippen LogP contribution in [0.2, 0.25) is 0 Å². The summed E-state index contributed by atoms with van der Waals surface area (Å²) in [6.07, 6.45) is 3.46. The van der Waals surface area contributed by atoms with E-state index >= 15 is 0 Å². The standard InChI is InChI=1S/C16H11N3O2/c1-21-16(20)11-8-10-9-17-7-6-13(10)19-14-5-3-2-4-12(14)18-15(11)19/h2-9H,1H3. The minimum Gasteiger partial charge on any atom is -0.465 e. The van der Waals surface area contributed by atoms with Crippen LogP contribution in [0.15, 0.2) is 48.8 Å². The molecule has 0 amide bonds. The number of esters is 1. The lowest BCUT2D eigenvalue weighted by Crippen LogP contribution is -2.05. The molecule has 4 rings (SSSR count). The third kappa shape index (κ3) is 1.61. The van der Waals surface area contributed by atoms with Gasteiger partial charge in [0, 0.05) is 17.8 Å². The number of fused-ring (bicyclic) bond motifs is 5. The van der Waals surface area contributed by atoms with Crippen LogP contribution in [0.1, 0.15) is 10.4 Å². The number of aromatic nitrogens is 3. The average molecular weight is 277 g/mol. The van der Waals surface area contributed by atoms with E-state index in [2.05, 4.69) is 9.97 Å². The first-order valence-corrected chi connectivity index (χ1v) is 6.52. The molecule has 3 aromatic heterocycles. The highest BCUT2D eigenvalue weighted by atomic mass is 16.5. The molecule has 5 nitrogen and oxygen atoms in total. The monoisotopic (exact) mass is 277 g/mol. The van der Waals surface area contributed by atoms with Gasteiger partial charge in [0.25, 0.3) is 0 Å². The van der Waals surface area contributed by atoms with Crippen molar-refractivity contribution in [2.75, 3.05) is 7.11 Å². The van der Waals surface area contributed by atoms with Crippen molar-refractivity contribution in [1.29, 1.82) is 0 Å². The van der Waals surface area contributed by atoms with Crippen LogP contribution in [0.25, 0.3) is 27.6 Å². The minimum atomic E-state index is -0.402. The van der Waals surface area contributed by atoms with Crippen LogP contribution in [0.3, 0.4) is 0 Å². The molecule has 1 aromatic carbocycles. The Hall–Kier alpha value is -2.95. The van der Waals surface area contributed by atoms with Crippen LogP contribution < -0.4 is 0 Å². The topological polar surface area (TPSA) is 56.5 Å². The first-order valence-electron chi connectivity index (χ1n) is 6.52. The highest BCUT2D eigenvalue weighted by Gasteiger charge is 2.17. The van der Waals surface area contributed by atoms with E-state index in [0.29, 0.717) is 11.2 Å². The Kier molecular flexibility index (Phi) is 2.41. The van der Waals surface area contributed by atoms with Crippen LogP contribution in [0, 0.1) is 0 Å². The lowest BCUT2D eigenvalue weighted by Gasteiger charge is -2.07. The maximum absolute atomic E-state index is 12.1. The summed E-state index contributed by atoms with van der Waals surface area (Å²) < 4.78 is 6.85. The summed E-state index contributed by atoms with van der Waals surface area (Å²) in [4.78, 5) is 20.8. The lowest BCUT2D eigenvalue weighted by atomic mass is 10.2. The fraction of sp³-hybridized carbons (Fsp3) is 0.0625. The average Bonchev–Trinajstić information content (AvgIpc) is 2.93. The molecule has 0 unspecified atom stereocenters. The van der Waals surface area contributed by atoms with Crippen LogP contribution >= 0.6 is 0 Å². The number of pyridine rings is 2. The zero-order valence-electron chi connectivity index (χ0n) is 11.3. The number of benzene rings is 1. The Morgan fingerprint density at radius 1 is 1.19 bits per heavy atom. The van der Waals surface area contributed by atoms with Gasteiger partial charge in [-0.3, -0.25) is 9.38 Å². The molecule has 0 aliphatic carbocycles. The van der Waals surface area contributed by atoms with Gasteiger partial charge in [0.2, 0.25) is 0 Å². The molecular weight excluding hydrogens is 266 g/mol. The van der Waals surface area contributed by atoms with E-state index in [4.69, 9.17) is 4.74 Å². The van der Waals surface area contributed by atoms with Gasteiger partial charge in [0.05, 0.1) is 23.7 Å². The summed E-state index contributed by atoms with van der Waals surface area (Å²) >= 11 is 0. The lowest BCUT2D eigenvalue weighted by molar-refractivity contribution is 0.0602. The van der Waals surface area contributed by atoms with E-state index in [0.717, 1.165) is 21.9 Å². The van der Waals surface area contributed by atoms with E-state index in [1.807, 2.05) is 34.7 Å². The van der Waals surface area contributed by atoms with Gasteiger partial charge in [-0.25, -0.2) is 9.78 Å². The number of imidazole rings is 1. The Labute approximate surface area is 119 Å². The van der Waals surface area contributed by atoms with Gasteiger partial charge in [0.15, 0.2) is 5.65 Å². The Balaban J connectivity index is 2.30. The zero-order valence-corrected chi connectivity index (χ0v) is 11.3. The normalized spacial score (nSPS) is 11.3. The summed E-state index contributed by atoms with van der Waals surface area (Å²) in [5.41, 5.74) is 3.79. The summed E-state index contributed by atoms with van der Waals surface area (Å²) in [7, 11) is 1.37. The van der Waals surface area contributed by atoms with Gasteiger partial charge >= 0.3 is 5.97 Å². The third-order valence-corrected chi connectivity index (χ3v) is 3.58. The molecule has 21 heavy (non-hydrogen) atoms. The number of nitrogens with zero attached hydrogens (tertiary/aromatic N) is 3. The fourth-order valence-electron chi connectivity index (χ4n) is 2.64. The Morgan fingerprint density at radius 2 is 2.05 bits per heavy atom. The molecule has 0 fully saturated rings. The van der Waals surface area contributed by atoms with Crippen molar-refractivity contribution >= 4 is 33.6 Å². The Bertz CT molecular complexity index is 1000. The van der Waals surface area contributed by atoms with Crippen LogP contribution in [0.5, 0.6) is 0 Å². The van der Waals surface area contributed by atoms with Crippen molar-refractivity contribution in [3.8, 4) is 0 Å². The summed E-state index contributed by atoms with van der Waals surface area (Å²) in [5.74, 6) is -0.402. The van der Waals surface area contributed by atoms with Gasteiger partial charge in [-0.15, -0.1) is 0 Å². The molecule has 102 valence electrons. The quantitative estimate of drug-likeness (QED) is 0.502. The largest absolute Gasteiger partial charge is 0.465 e. The van der Waals surface area contributed by atoms with Gasteiger partial charge in [-0.1, -0.05) is 12.1 Å². The van der Waals surface area contributed by atoms with Gasteiger partial charge in [-0.2, -0.15) is 0 Å². The fourth-order valence-corrected chi connectivity index (χ4v) is 2.64. The van der Waals surface area contributed by atoms with Crippen molar-refractivity contribution in [2.45, 2.75) is 0 Å². The molecule has 0 atom stereocenters. The second-order valence-electron chi connectivity index (χ2n) is 4.74. The van der Waals surface area contributed by atoms with Gasteiger partial charge in [0.1, 0.15) is 5.56 Å². The molecule has 0 N–H and O–H groups in total. The maximum atomic E-state index is 12.1. The number of hydrogen-bond donors (Lipinski definition) is 0. The second-order valence-corrected chi connectivity index (χ2v) is 4.74. The molecule has 0 aliphatic rings. The first kappa shape index (κ1) is 11.8. The van der Waals surface area contributed by atoms with E-state index in [9.17, 15) is 4.79 Å². The van der Waals surface area contributed by atoms with Crippen LogP contribution in [-0.4, -0.2) is 27.4 Å². The summed E-state index contributed by atoms with van der Waals surface area (Å²) in [5, 5.41) is 0.869. The van der Waals surface area contributed by atoms with E-state index in [1.54, 1.807) is 18.5 Å². The predicted octanol–water partition coefficient (Wildman–Crippen LogP) is 2.82. The minimum absolute atomic E-state index is 0.402. The van der Waals surface area contributed by atoms with Crippen molar-refractivity contribution < 1.29 is 9.53 Å². The molecule has 0 saturated heterocycles. The number of rotatable bonds is 1. The molecule has 5 heteroatoms. The van der Waals surface area contributed by atoms with Crippen molar-refractivity contribution in [3.63, 3.8) is 0 Å². The number of carbonyl (C=O) groups excluding carboxylic acids is 1. The van der Waals surface area contributed by atoms with Gasteiger partial charge in [-0.05, 0) is 24.3 Å². The summed E-state index contributed by atoms with van der Waals surface area (Å²) in [6, 6.07) is 11.5. The Morgan fingerprint density at radius 3 is 2.90 bits per heavy atom. The van der Waals surface area contributed by atoms with E-state index in [-0.39, 0.29) is 0 Å². The molecule has 0 radical (unpaired) electrons. The van der Waals surface area contributed by atoms with Crippen LogP contribution in [-0.2, 0) is 4.74 Å². The van der Waals surface area contributed by atoms with E-state index < -0.39 is 5.97 Å². The number of hydrogen-bond acceptors (Lipinski definition) is 4. The molecule has 3 heterocycles. The van der Waals surface area contributed by atoms with E-state index in [1.165, 1.54) is 7.11 Å².